The summed E-state index contributed by atoms with van der Waals surface area (Å²) in [6.45, 7) is 33.1. The molecule has 8 heterocycles. The lowest BCUT2D eigenvalue weighted by Gasteiger charge is -2.47. The highest BCUT2D eigenvalue weighted by Gasteiger charge is 2.51. The zero-order valence-corrected chi connectivity index (χ0v) is 82.2. The van der Waals surface area contributed by atoms with Gasteiger partial charge in [0.1, 0.15) is 12.4 Å². The number of ether oxygens (including phenoxy) is 7. The maximum Gasteiger partial charge on any atom is 0.223 e. The molecule has 27 nitrogen and oxygen atoms in total. The molecule has 2 spiro atoms. The average molecular weight is 1810 g/mol. The van der Waals surface area contributed by atoms with Crippen LogP contribution in [0.5, 0.6) is 5.75 Å². The number of amides is 2. The zero-order chi connectivity index (χ0) is 92.7. The molecule has 29 heteroatoms. The molecule has 6 aromatic rings. The summed E-state index contributed by atoms with van der Waals surface area (Å²) in [6, 6.07) is 9.87. The second-order valence-corrected chi connectivity index (χ2v) is 40.1. The van der Waals surface area contributed by atoms with Crippen LogP contribution >= 0.6 is 0 Å². The van der Waals surface area contributed by atoms with Crippen molar-refractivity contribution in [3.8, 4) is 5.75 Å². The van der Waals surface area contributed by atoms with Gasteiger partial charge in [-0.3, -0.25) is 43.9 Å². The van der Waals surface area contributed by atoms with Crippen molar-refractivity contribution in [3.63, 3.8) is 0 Å². The summed E-state index contributed by atoms with van der Waals surface area (Å²) >= 11 is 0. The van der Waals surface area contributed by atoms with Crippen LogP contribution in [0.3, 0.4) is 0 Å². The fraction of sp³-hybridized carbons (Fsp3) is 0.770. The van der Waals surface area contributed by atoms with Gasteiger partial charge < -0.3 is 73.6 Å². The van der Waals surface area contributed by atoms with Crippen LogP contribution in [0.2, 0.25) is 0 Å². The van der Waals surface area contributed by atoms with Gasteiger partial charge in [-0.1, -0.05) is 99.3 Å². The van der Waals surface area contributed by atoms with Crippen LogP contribution in [0.4, 0.5) is 8.78 Å². The number of H-pyrrole nitrogens is 5. The molecular weight excluding hydrogens is 1640 g/mol. The maximum absolute atomic E-state index is 13.3. The normalized spacial score (nSPS) is 22.8. The van der Waals surface area contributed by atoms with E-state index in [2.05, 4.69) is 168 Å². The standard InChI is InChI=1S/C25H45N5O4.C21H37N3O.C20H30N4O2.C17H29F2N3.C17H29N3O2/c1-7-8-11-30(4)17-19-16-28-29-22(19)18-14-20(23(31)26-9-12-33-5)25(2,3)21(15-18)24(32)27-10-13-34-6;1-5-6-13-24(4)15-18-14-22-23-19(18)17-7-8-21(25-16-17)11-9-20(2,3)10-12-21;1-21-8-9-24(2)15-17-14-22-23-20(17)16-12-19(13-16)26-11-10-25-18-6-4-3-5-7-18;1-3-4-9-22(2)11-15-10-20-21-16(15)14-5-7-17(12-18,13-19)8-6-14;1-3-4-9-20(2)12-15-11-18-19-16(15)14-6-8-17(22-13-14)7-5-10-21-17/h16,18,20-21H,7-15,17H2,1-6H3,(H,26,31)(H,27,32)(H,28,29);14,17H,5-13,15-16H2,1-4H3,(H,22,23);3-7,14,16,19,21H,8-13,15H2,1-2H3,(H,22,23);10,14H,3-9,11-13H2,1-2H3,(H,20,21);11,14H,3-10,12-13H2,1-2H3,(H,18,19)/t;17-;;;/m.0.../s1. The number of nitrogens with zero attached hydrogens (tertiary/aromatic N) is 10. The Morgan fingerprint density at radius 1 is 0.465 bits per heavy atom. The van der Waals surface area contributed by atoms with Gasteiger partial charge in [0.05, 0.1) is 95.7 Å². The number of unbranched alkanes of at least 4 members (excludes halogenated alkanes) is 4. The molecule has 4 aliphatic carbocycles. The Kier molecular flexibility index (Phi) is 45.0. The van der Waals surface area contributed by atoms with Gasteiger partial charge in [0.2, 0.25) is 11.8 Å². The van der Waals surface area contributed by atoms with E-state index >= 15 is 0 Å². The van der Waals surface area contributed by atoms with Crippen LogP contribution < -0.4 is 20.7 Å². The molecule has 5 aromatic heterocycles. The van der Waals surface area contributed by atoms with Crippen molar-refractivity contribution in [2.24, 2.45) is 28.1 Å². The van der Waals surface area contributed by atoms with E-state index in [-0.39, 0.29) is 41.0 Å². The van der Waals surface area contributed by atoms with Crippen molar-refractivity contribution in [1.82, 2.24) is 91.4 Å². The lowest BCUT2D eigenvalue weighted by atomic mass is 9.58. The Morgan fingerprint density at radius 3 is 1.25 bits per heavy atom. The first-order chi connectivity index (χ1) is 62.3. The predicted octanol–water partition coefficient (Wildman–Crippen LogP) is 16.8. The number of likely N-dealkylation sites (N-methyl/N-ethyl adjacent to an activating group) is 2. The number of hydrogen-bond acceptors (Lipinski definition) is 20. The molecule has 4 unspecified atom stereocenters. The minimum absolute atomic E-state index is 0.0254. The van der Waals surface area contributed by atoms with Gasteiger partial charge in [0, 0.05) is 189 Å². The third-order valence-electron chi connectivity index (χ3n) is 28.7. The van der Waals surface area contributed by atoms with Crippen molar-refractivity contribution in [2.75, 3.05) is 168 Å². The lowest BCUT2D eigenvalue weighted by molar-refractivity contribution is -0.234. The van der Waals surface area contributed by atoms with Crippen LogP contribution in [-0.4, -0.2) is 273 Å². The first-order valence-electron chi connectivity index (χ1n) is 49.4. The fourth-order valence-corrected chi connectivity index (χ4v) is 19.8. The topological polar surface area (TPSA) is 294 Å². The smallest absolute Gasteiger partial charge is 0.223 e. The molecular formula is C100H170F2N18O9. The molecule has 2 amide bonds. The van der Waals surface area contributed by atoms with E-state index in [4.69, 9.17) is 33.2 Å². The van der Waals surface area contributed by atoms with E-state index < -0.39 is 24.2 Å². The second kappa shape index (κ2) is 54.7. The molecule has 4 saturated carbocycles. The highest BCUT2D eigenvalue weighted by atomic mass is 19.1. The Hall–Kier alpha value is -6.61. The molecule has 728 valence electrons. The summed E-state index contributed by atoms with van der Waals surface area (Å²) in [6.07, 6.45) is 38.0. The molecule has 7 aliphatic rings. The summed E-state index contributed by atoms with van der Waals surface area (Å²) in [4.78, 5) is 38.2. The number of para-hydroxylation sites is 1. The van der Waals surface area contributed by atoms with Crippen LogP contribution in [0.15, 0.2) is 61.3 Å². The molecule has 3 saturated heterocycles. The average Bonchev–Trinajstić information content (AvgIpc) is 1.48. The van der Waals surface area contributed by atoms with Crippen LogP contribution in [0.25, 0.3) is 0 Å². The summed E-state index contributed by atoms with van der Waals surface area (Å²) in [7, 11) is 16.0. The van der Waals surface area contributed by atoms with Crippen molar-refractivity contribution in [2.45, 2.75) is 302 Å². The maximum atomic E-state index is 13.3. The number of aromatic nitrogens is 10. The summed E-state index contributed by atoms with van der Waals surface area (Å²) < 4.78 is 66.4. The molecule has 13 rings (SSSR count). The van der Waals surface area contributed by atoms with Crippen LogP contribution in [0.1, 0.15) is 308 Å². The van der Waals surface area contributed by atoms with Crippen molar-refractivity contribution >= 4 is 11.8 Å². The van der Waals surface area contributed by atoms with Crippen LogP contribution in [0, 0.1) is 28.1 Å². The Bertz CT molecular complexity index is 3900. The third-order valence-corrected chi connectivity index (χ3v) is 28.7. The number of carbonyl (C=O) groups is 2. The zero-order valence-electron chi connectivity index (χ0n) is 82.2. The van der Waals surface area contributed by atoms with E-state index in [1.807, 2.05) is 82.2 Å². The van der Waals surface area contributed by atoms with Crippen molar-refractivity contribution < 1.29 is 51.5 Å². The summed E-state index contributed by atoms with van der Waals surface area (Å²) in [5, 5.41) is 46.7. The first kappa shape index (κ1) is 106. The van der Waals surface area contributed by atoms with Crippen molar-refractivity contribution in [3.05, 3.63) is 118 Å². The number of hydrogen-bond donors (Lipinski definition) is 8. The van der Waals surface area contributed by atoms with Gasteiger partial charge in [-0.15, -0.1) is 0 Å². The highest BCUT2D eigenvalue weighted by molar-refractivity contribution is 5.84. The molecule has 0 bridgehead atoms. The van der Waals surface area contributed by atoms with E-state index in [9.17, 15) is 18.4 Å². The quantitative estimate of drug-likeness (QED) is 0.0165. The van der Waals surface area contributed by atoms with E-state index in [1.165, 1.54) is 122 Å². The molecule has 1 aromatic carbocycles. The number of aromatic amines is 5. The molecule has 7 fully saturated rings. The molecule has 129 heavy (non-hydrogen) atoms. The Morgan fingerprint density at radius 2 is 0.868 bits per heavy atom. The van der Waals surface area contributed by atoms with Gasteiger partial charge in [-0.2, -0.15) is 25.5 Å². The number of rotatable bonds is 45. The largest absolute Gasteiger partial charge is 0.491 e. The van der Waals surface area contributed by atoms with E-state index in [1.54, 1.807) is 14.2 Å². The Balaban J connectivity index is 0.000000183. The molecule has 8 N–H and O–H groups in total. The van der Waals surface area contributed by atoms with Gasteiger partial charge in [0.25, 0.3) is 0 Å². The molecule has 3 aliphatic heterocycles. The van der Waals surface area contributed by atoms with E-state index in [0.29, 0.717) is 100 Å². The minimum atomic E-state index is -0.714. The number of alkyl halides is 2. The fourth-order valence-electron chi connectivity index (χ4n) is 19.8. The number of benzene rings is 1. The Labute approximate surface area is 772 Å². The van der Waals surface area contributed by atoms with Gasteiger partial charge in [-0.25, -0.2) is 0 Å². The third kappa shape index (κ3) is 32.9. The van der Waals surface area contributed by atoms with E-state index in [0.717, 1.165) is 173 Å². The summed E-state index contributed by atoms with van der Waals surface area (Å²) in [5.41, 5.74) is 11.9. The van der Waals surface area contributed by atoms with Crippen molar-refractivity contribution in [1.29, 1.82) is 0 Å². The highest BCUT2D eigenvalue weighted by Crippen LogP contribution is 2.53. The minimum Gasteiger partial charge on any atom is -0.491 e. The number of carbonyl (C=O) groups excluding carboxylic acids is 2. The molecule has 5 atom stereocenters. The first-order valence-corrected chi connectivity index (χ1v) is 49.4. The lowest BCUT2D eigenvalue weighted by Crippen LogP contribution is -2.52. The predicted molar refractivity (Wildman–Crippen MR) is 509 cm³/mol. The SMILES string of the molecule is CCCCN(C)Cc1cn[nH]c1C1CC(C(=O)NCCOC)C(C)(C)C(C(=O)NCCOC)C1.CCCCN(C)Cc1cn[nH]c1C1CCC(CF)(CF)CC1.CCCCN(C)Cc1cn[nH]c1C1CCC2(CCCO2)OC1.CCCCN(C)Cc1cn[nH]c1[C@H]1CCC2(CCC(C)(C)CC2)OC1.CNCCN(C)Cc1cn[nH]c1C1CC(OCCOc2ccccc2)C1. The second-order valence-electron chi connectivity index (χ2n) is 40.1. The number of nitrogens with one attached hydrogen (secondary N) is 8. The number of methoxy groups -OCH3 is 2. The number of halogens is 2. The van der Waals surface area contributed by atoms with Gasteiger partial charge >= 0.3 is 0 Å². The summed E-state index contributed by atoms with van der Waals surface area (Å²) in [5.74, 6) is 1.80. The van der Waals surface area contributed by atoms with Gasteiger partial charge in [-0.05, 0) is 220 Å². The molecule has 0 radical (unpaired) electrons. The van der Waals surface area contributed by atoms with Gasteiger partial charge in [0.15, 0.2) is 5.79 Å². The van der Waals surface area contributed by atoms with Crippen LogP contribution in [-0.2, 0) is 70.7 Å². The monoisotopic (exact) mass is 1810 g/mol.